The number of aromatic amines is 2. The maximum Gasteiger partial charge on any atom is 0.325 e. The molecular formula is C8H13N3O4S. The van der Waals surface area contributed by atoms with Crippen molar-refractivity contribution in [1.82, 2.24) is 14.7 Å². The normalized spacial score (nSPS) is 13.6. The summed E-state index contributed by atoms with van der Waals surface area (Å²) in [7, 11) is -3.88. The molecule has 0 bridgehead atoms. The maximum atomic E-state index is 11.7. The SMILES string of the molecule is CC[C@H](C)NS(=O)(=O)c1c[nH]c(=O)[nH]c1=O. The number of aromatic nitrogens is 2. The van der Waals surface area contributed by atoms with Crippen LogP contribution in [0.4, 0.5) is 0 Å². The highest BCUT2D eigenvalue weighted by Crippen LogP contribution is 2.01. The van der Waals surface area contributed by atoms with Crippen LogP contribution in [0.3, 0.4) is 0 Å². The predicted octanol–water partition coefficient (Wildman–Crippen LogP) is -0.860. The standard InChI is InChI=1S/C8H13N3O4S/c1-3-5(2)11-16(14,15)6-4-9-8(13)10-7(6)12/h4-5,11H,3H2,1-2H3,(H2,9,10,12,13)/t5-/m0/s1. The highest BCUT2D eigenvalue weighted by Gasteiger charge is 2.20. The van der Waals surface area contributed by atoms with E-state index in [2.05, 4.69) is 9.71 Å². The second-order valence-corrected chi connectivity index (χ2v) is 5.05. The fourth-order valence-electron chi connectivity index (χ4n) is 1.01. The van der Waals surface area contributed by atoms with Crippen LogP contribution >= 0.6 is 0 Å². The molecule has 0 fully saturated rings. The van der Waals surface area contributed by atoms with Crippen LogP contribution in [-0.4, -0.2) is 24.4 Å². The number of hydrogen-bond donors (Lipinski definition) is 3. The van der Waals surface area contributed by atoms with Gasteiger partial charge in [0.25, 0.3) is 5.56 Å². The van der Waals surface area contributed by atoms with Gasteiger partial charge in [-0.05, 0) is 13.3 Å². The lowest BCUT2D eigenvalue weighted by atomic mass is 10.3. The molecule has 0 aliphatic heterocycles. The summed E-state index contributed by atoms with van der Waals surface area (Å²) in [5.74, 6) is 0. The van der Waals surface area contributed by atoms with E-state index < -0.39 is 26.2 Å². The second-order valence-electron chi connectivity index (χ2n) is 3.37. The van der Waals surface area contributed by atoms with Crippen molar-refractivity contribution in [2.24, 2.45) is 0 Å². The summed E-state index contributed by atoms with van der Waals surface area (Å²) in [5, 5.41) is 0. The maximum absolute atomic E-state index is 11.7. The molecule has 7 nitrogen and oxygen atoms in total. The first-order valence-electron chi connectivity index (χ1n) is 4.71. The fraction of sp³-hybridized carbons (Fsp3) is 0.500. The second kappa shape index (κ2) is 4.62. The van der Waals surface area contributed by atoms with E-state index in [1.807, 2.05) is 11.9 Å². The first-order valence-corrected chi connectivity index (χ1v) is 6.19. The Morgan fingerprint density at radius 2 is 2.06 bits per heavy atom. The van der Waals surface area contributed by atoms with Crippen molar-refractivity contribution < 1.29 is 8.42 Å². The van der Waals surface area contributed by atoms with Crippen molar-refractivity contribution in [3.05, 3.63) is 27.0 Å². The summed E-state index contributed by atoms with van der Waals surface area (Å²) >= 11 is 0. The molecule has 8 heteroatoms. The van der Waals surface area contributed by atoms with Gasteiger partial charge >= 0.3 is 5.69 Å². The van der Waals surface area contributed by atoms with Gasteiger partial charge in [0.1, 0.15) is 0 Å². The van der Waals surface area contributed by atoms with Crippen LogP contribution in [-0.2, 0) is 10.0 Å². The Kier molecular flexibility index (Phi) is 3.66. The summed E-state index contributed by atoms with van der Waals surface area (Å²) in [6.45, 7) is 3.49. The van der Waals surface area contributed by atoms with Crippen LogP contribution in [0.5, 0.6) is 0 Å². The lowest BCUT2D eigenvalue weighted by molar-refractivity contribution is 0.554. The van der Waals surface area contributed by atoms with Gasteiger partial charge in [-0.2, -0.15) is 0 Å². The first-order chi connectivity index (χ1) is 7.36. The van der Waals surface area contributed by atoms with E-state index in [9.17, 15) is 18.0 Å². The lowest BCUT2D eigenvalue weighted by Crippen LogP contribution is -2.37. The third-order valence-electron chi connectivity index (χ3n) is 2.04. The molecule has 3 N–H and O–H groups in total. The average Bonchev–Trinajstić information content (AvgIpc) is 2.16. The van der Waals surface area contributed by atoms with Crippen molar-refractivity contribution in [2.45, 2.75) is 31.2 Å². The average molecular weight is 247 g/mol. The molecule has 0 saturated heterocycles. The minimum absolute atomic E-state index is 0.281. The molecule has 1 atom stereocenters. The fourth-order valence-corrected chi connectivity index (χ4v) is 2.34. The third-order valence-corrected chi connectivity index (χ3v) is 3.64. The Bertz CT molecular complexity index is 571. The van der Waals surface area contributed by atoms with Gasteiger partial charge in [-0.3, -0.25) is 9.78 Å². The summed E-state index contributed by atoms with van der Waals surface area (Å²) < 4.78 is 25.7. The summed E-state index contributed by atoms with van der Waals surface area (Å²) in [5.41, 5.74) is -1.67. The smallest absolute Gasteiger partial charge is 0.313 e. The molecule has 0 spiro atoms. The summed E-state index contributed by atoms with van der Waals surface area (Å²) in [6, 6.07) is -0.281. The number of nitrogens with one attached hydrogen (secondary N) is 3. The quantitative estimate of drug-likeness (QED) is 0.642. The predicted molar refractivity (Wildman–Crippen MR) is 57.8 cm³/mol. The molecule has 0 aromatic carbocycles. The van der Waals surface area contributed by atoms with Crippen LogP contribution in [0.1, 0.15) is 20.3 Å². The van der Waals surface area contributed by atoms with Crippen molar-refractivity contribution in [1.29, 1.82) is 0 Å². The van der Waals surface area contributed by atoms with E-state index in [0.29, 0.717) is 6.42 Å². The number of H-pyrrole nitrogens is 2. The molecule has 0 unspecified atom stereocenters. The van der Waals surface area contributed by atoms with E-state index >= 15 is 0 Å². The van der Waals surface area contributed by atoms with Crippen LogP contribution in [0, 0.1) is 0 Å². The Labute approximate surface area is 92.0 Å². The molecule has 0 aliphatic carbocycles. The molecule has 0 aliphatic rings. The van der Waals surface area contributed by atoms with Crippen molar-refractivity contribution in [3.8, 4) is 0 Å². The number of hydrogen-bond acceptors (Lipinski definition) is 4. The minimum atomic E-state index is -3.88. The Morgan fingerprint density at radius 1 is 1.44 bits per heavy atom. The molecule has 0 radical (unpaired) electrons. The highest BCUT2D eigenvalue weighted by molar-refractivity contribution is 7.89. The van der Waals surface area contributed by atoms with Gasteiger partial charge in [0.15, 0.2) is 4.90 Å². The topological polar surface area (TPSA) is 112 Å². The zero-order valence-corrected chi connectivity index (χ0v) is 9.72. The summed E-state index contributed by atoms with van der Waals surface area (Å²) in [6.07, 6.45) is 1.48. The van der Waals surface area contributed by atoms with Gasteiger partial charge in [0.2, 0.25) is 10.0 Å². The van der Waals surface area contributed by atoms with Crippen LogP contribution in [0.2, 0.25) is 0 Å². The lowest BCUT2D eigenvalue weighted by Gasteiger charge is -2.10. The van der Waals surface area contributed by atoms with Gasteiger partial charge in [0.05, 0.1) is 0 Å². The van der Waals surface area contributed by atoms with E-state index in [4.69, 9.17) is 0 Å². The molecule has 0 amide bonds. The molecule has 1 rings (SSSR count). The minimum Gasteiger partial charge on any atom is -0.313 e. The van der Waals surface area contributed by atoms with Gasteiger partial charge in [0, 0.05) is 12.2 Å². The van der Waals surface area contributed by atoms with Crippen LogP contribution in [0.15, 0.2) is 20.7 Å². The van der Waals surface area contributed by atoms with Crippen molar-refractivity contribution in [3.63, 3.8) is 0 Å². The van der Waals surface area contributed by atoms with Gasteiger partial charge in [-0.25, -0.2) is 17.9 Å². The van der Waals surface area contributed by atoms with Gasteiger partial charge in [-0.1, -0.05) is 6.92 Å². The van der Waals surface area contributed by atoms with E-state index in [-0.39, 0.29) is 6.04 Å². The van der Waals surface area contributed by atoms with Gasteiger partial charge < -0.3 is 4.98 Å². The Morgan fingerprint density at radius 3 is 2.56 bits per heavy atom. The zero-order chi connectivity index (χ0) is 12.3. The molecule has 1 heterocycles. The first kappa shape index (κ1) is 12.7. The van der Waals surface area contributed by atoms with E-state index in [1.54, 1.807) is 6.92 Å². The Hall–Kier alpha value is -1.41. The molecular weight excluding hydrogens is 234 g/mol. The molecule has 1 aromatic rings. The van der Waals surface area contributed by atoms with Crippen LogP contribution < -0.4 is 16.0 Å². The van der Waals surface area contributed by atoms with E-state index in [1.165, 1.54) is 0 Å². The summed E-state index contributed by atoms with van der Waals surface area (Å²) in [4.78, 5) is 25.4. The van der Waals surface area contributed by atoms with E-state index in [0.717, 1.165) is 6.20 Å². The van der Waals surface area contributed by atoms with Crippen LogP contribution in [0.25, 0.3) is 0 Å². The third kappa shape index (κ3) is 2.80. The molecule has 16 heavy (non-hydrogen) atoms. The monoisotopic (exact) mass is 247 g/mol. The molecule has 1 aromatic heterocycles. The van der Waals surface area contributed by atoms with Crippen molar-refractivity contribution in [2.75, 3.05) is 0 Å². The van der Waals surface area contributed by atoms with Gasteiger partial charge in [-0.15, -0.1) is 0 Å². The number of rotatable bonds is 4. The Balaban J connectivity index is 3.18. The van der Waals surface area contributed by atoms with Crippen molar-refractivity contribution >= 4 is 10.0 Å². The number of sulfonamides is 1. The highest BCUT2D eigenvalue weighted by atomic mass is 32.2. The zero-order valence-electron chi connectivity index (χ0n) is 8.90. The molecule has 90 valence electrons. The molecule has 0 saturated carbocycles. The largest absolute Gasteiger partial charge is 0.325 e.